The van der Waals surface area contributed by atoms with Crippen molar-refractivity contribution in [3.8, 4) is 28.7 Å². The number of benzene rings is 8. The van der Waals surface area contributed by atoms with Crippen molar-refractivity contribution in [2.45, 2.75) is 167 Å². The maximum absolute atomic E-state index is 12.5. The number of ether oxygens (including phenoxy) is 4. The number of likely N-dealkylation sites (N-methyl/N-ethyl adjacent to an activating group) is 2. The van der Waals surface area contributed by atoms with E-state index in [2.05, 4.69) is 62.9 Å². The molecule has 16 rings (SSSR count). The van der Waals surface area contributed by atoms with Gasteiger partial charge < -0.3 is 61.5 Å². The molecule has 0 radical (unpaired) electrons. The third kappa shape index (κ3) is 36.6. The summed E-state index contributed by atoms with van der Waals surface area (Å²) in [7, 11) is 2.03. The number of carbonyl (C=O) groups excluding carboxylic acids is 6. The van der Waals surface area contributed by atoms with Crippen molar-refractivity contribution in [1.29, 1.82) is 11.1 Å². The molecular weight excluding hydrogens is 1710 g/mol. The molecule has 0 atom stereocenters. The minimum atomic E-state index is -1.00. The Morgan fingerprint density at radius 2 is 0.754 bits per heavy atom. The van der Waals surface area contributed by atoms with Crippen LogP contribution in [0.5, 0.6) is 28.7 Å². The van der Waals surface area contributed by atoms with E-state index < -0.39 is 14.3 Å². The lowest BCUT2D eigenvalue weighted by Crippen LogP contribution is -2.37. The Labute approximate surface area is 782 Å². The van der Waals surface area contributed by atoms with Crippen molar-refractivity contribution in [2.75, 3.05) is 139 Å². The summed E-state index contributed by atoms with van der Waals surface area (Å²) in [5.41, 5.74) is 34.0. The molecule has 0 unspecified atom stereocenters. The predicted molar refractivity (Wildman–Crippen MR) is 525 cm³/mol. The number of hydrogen-bond acceptors (Lipinski definition) is 20. The molecule has 23 nitrogen and oxygen atoms in total. The molecule has 6 amide bonds. The second-order valence-electron chi connectivity index (χ2n) is 33.2. The number of phenols is 1. The molecule has 5 fully saturated rings. The van der Waals surface area contributed by atoms with E-state index in [1.807, 2.05) is 85.9 Å². The van der Waals surface area contributed by atoms with E-state index in [1.54, 1.807) is 104 Å². The van der Waals surface area contributed by atoms with Crippen molar-refractivity contribution < 1.29 is 70.9 Å². The van der Waals surface area contributed by atoms with Crippen molar-refractivity contribution >= 4 is 79.8 Å². The van der Waals surface area contributed by atoms with Gasteiger partial charge in [0.05, 0.1) is 76.9 Å². The largest absolute Gasteiger partial charge is 0.508 e. The molecule has 130 heavy (non-hydrogen) atoms. The number of nitrogens with one attached hydrogen (secondary N) is 3. The number of nitrogen functional groups attached to an aromatic ring is 2. The molecule has 3 aliphatic heterocycles. The van der Waals surface area contributed by atoms with Gasteiger partial charge in [-0.2, -0.15) is 0 Å². The van der Waals surface area contributed by atoms with Crippen LogP contribution in [-0.4, -0.2) is 173 Å². The Hall–Kier alpha value is -11.2. The Bertz CT molecular complexity index is 4570. The van der Waals surface area contributed by atoms with E-state index in [0.717, 1.165) is 90.8 Å². The van der Waals surface area contributed by atoms with Crippen LogP contribution in [0.15, 0.2) is 207 Å². The van der Waals surface area contributed by atoms with Gasteiger partial charge in [0.25, 0.3) is 35.4 Å². The van der Waals surface area contributed by atoms with Gasteiger partial charge in [-0.1, -0.05) is 185 Å². The fraction of sp³-hybridized carbons (Fsp3) is 0.462. The normalized spacial score (nSPS) is 15.8. The molecule has 11 N–H and O–H groups in total. The number of aromatic hydroxyl groups is 1. The first-order valence-corrected chi connectivity index (χ1v) is 47.0. The van der Waals surface area contributed by atoms with Crippen molar-refractivity contribution in [3.05, 3.63) is 240 Å². The van der Waals surface area contributed by atoms with Gasteiger partial charge in [0.15, 0.2) is 0 Å². The first kappa shape index (κ1) is 104. The van der Waals surface area contributed by atoms with Crippen LogP contribution in [0.1, 0.15) is 234 Å². The zero-order valence-corrected chi connectivity index (χ0v) is 78.1. The molecule has 5 saturated carbocycles. The molecule has 8 aliphatic rings. The maximum Gasteiger partial charge on any atom is 0.261 e. The number of phenolic OH excluding ortho intramolecular Hbond substituents is 1. The van der Waals surface area contributed by atoms with Gasteiger partial charge in [-0.15, -0.1) is 6.58 Å². The molecule has 5 aliphatic carbocycles. The number of aliphatic hydroxyl groups is 1. The van der Waals surface area contributed by atoms with Crippen LogP contribution in [0, 0.1) is 40.7 Å². The van der Waals surface area contributed by atoms with Crippen LogP contribution in [0.25, 0.3) is 0 Å². The third-order valence-electron chi connectivity index (χ3n) is 23.6. The number of alkyl halides is 3. The summed E-state index contributed by atoms with van der Waals surface area (Å²) in [6, 6.07) is 59.2. The average molecular weight is 1860 g/mol. The second-order valence-corrected chi connectivity index (χ2v) is 33.8. The number of carbonyl (C=O) groups is 6. The van der Waals surface area contributed by atoms with Crippen LogP contribution in [-0.2, 0) is 0 Å². The molecular formula is C104H144BrF2N11O12. The highest BCUT2D eigenvalue weighted by molar-refractivity contribution is 9.09. The number of amides is 6. The lowest BCUT2D eigenvalue weighted by atomic mass is 9.90. The Morgan fingerprint density at radius 3 is 1.07 bits per heavy atom. The summed E-state index contributed by atoms with van der Waals surface area (Å²) < 4.78 is 54.7. The predicted octanol–water partition coefficient (Wildman–Crippen LogP) is 22.4. The number of nitrogens with zero attached hydrogens (tertiary/aromatic N) is 5. The van der Waals surface area contributed by atoms with Gasteiger partial charge in [0.2, 0.25) is 0 Å². The summed E-state index contributed by atoms with van der Waals surface area (Å²) >= 11 is 3.51. The highest BCUT2D eigenvalue weighted by Crippen LogP contribution is 2.33. The first-order valence-electron chi connectivity index (χ1n) is 47.3. The highest BCUT2D eigenvalue weighted by Gasteiger charge is 2.37. The van der Waals surface area contributed by atoms with Crippen LogP contribution < -0.4 is 51.3 Å². The molecule has 3 heterocycles. The Kier molecular flexibility index (Phi) is 49.8. The van der Waals surface area contributed by atoms with Gasteiger partial charge in [0, 0.05) is 132 Å². The molecule has 0 aromatic heterocycles. The van der Waals surface area contributed by atoms with Crippen LogP contribution in [0.4, 0.5) is 37.2 Å². The van der Waals surface area contributed by atoms with E-state index in [-0.39, 0.29) is 55.8 Å². The number of fused-ring (bicyclic) bond motifs is 3. The van der Waals surface area contributed by atoms with Gasteiger partial charge in [-0.25, -0.2) is 11.1 Å². The number of imide groups is 3. The standard InChI is InChI=1S/C24H28N2O3.C23H26N2O3.C16H26N2O.C13H19NO.C11H9NO2.C7H13Br.C6H7NO.C2H6O.2CH3F.H2N2.H2/c1-25(14-15-26-23(27)21-12-5-6-13-22(21)24(26)28)19-10-7-11-20(16-19)29-17-18-8-3-2-4-9-18;26-22-20-11-4-5-12-21(20)23(27)25(22)14-13-24-18-9-6-10-19(15-18)28-16-17-7-2-1-3-8-17;1-18(11-10-17)15-8-5-9-16(12-15)19-13-14-6-3-2-4-7-14;14-12-7-4-8-13(9-12)15-10-11-5-2-1-3-6-11;1-2-7-12-10(13)8-5-3-4-6-9(8)11(12)14;8-6-7-4-2-1-3-5-7;7-5-2-1-3-6(8)4-5;1-2-3;3*1-2;/h5-7,10-13,16,18H,2-4,8-9,14-15,17H2,1H3;4-6,9-12,15,17,24H,1-3,7-8,13-14,16H2;5,8-9,12,14H,2-4,6-7,10-11,13,17H2,1H3;4,7-9,11H,1-3,5-6,10,14H2;2-6H,1,7H2;7H,1-6H2;1-4,8H,7H2;3H,2H2,1H3;2*1H3;1-2H;1H/i;;;;;;;;2*1D;;. The first-order chi connectivity index (χ1) is 64.2. The average Bonchev–Trinajstić information content (AvgIpc) is 1.60. The lowest BCUT2D eigenvalue weighted by Gasteiger charge is -2.24. The van der Waals surface area contributed by atoms with Gasteiger partial charge in [0.1, 0.15) is 28.7 Å². The number of anilines is 5. The van der Waals surface area contributed by atoms with Crippen LogP contribution in [0.2, 0.25) is 0 Å². The number of aliphatic hydroxyl groups excluding tert-OH is 1. The quantitative estimate of drug-likeness (QED) is 0.00821. The van der Waals surface area contributed by atoms with E-state index in [9.17, 15) is 37.5 Å². The number of nitrogens with two attached hydrogens (primary N) is 3. The number of rotatable bonds is 26. The fourth-order valence-corrected chi connectivity index (χ4v) is 17.1. The van der Waals surface area contributed by atoms with E-state index in [0.29, 0.717) is 83.6 Å². The van der Waals surface area contributed by atoms with Crippen molar-refractivity contribution in [2.24, 2.45) is 35.3 Å². The lowest BCUT2D eigenvalue weighted by molar-refractivity contribution is 0.0644. The molecule has 0 bridgehead atoms. The second kappa shape index (κ2) is 62.1. The van der Waals surface area contributed by atoms with Crippen molar-refractivity contribution in [3.63, 3.8) is 0 Å². The van der Waals surface area contributed by atoms with E-state index in [1.165, 1.54) is 192 Å². The SMILES string of the molecule is BrCC1CCCCC1.C=CCN1C(=O)c2ccccc2C1=O.CCO.CN(CCN)c1cccc(OCC2CCCCC2)c1.CN(CCN1C(=O)c2ccccc2C1=O)c1cccc(OCC2CCCCC2)c1.N=N.Nc1cccc(O)c1.Nc1cccc(OCC2CCCCC2)c1.O=C1c2ccccc2C(=O)N1CCNc1cccc(OCC2CCCCC2)c1.[2H]CF.[2H]CF.[HH]. The van der Waals surface area contributed by atoms with E-state index >= 15 is 0 Å². The topological polar surface area (TPSA) is 334 Å². The van der Waals surface area contributed by atoms with Crippen molar-refractivity contribution in [1.82, 2.24) is 14.7 Å². The fourth-order valence-electron chi connectivity index (χ4n) is 16.5. The van der Waals surface area contributed by atoms with Gasteiger partial charge in [-0.3, -0.25) is 52.2 Å². The summed E-state index contributed by atoms with van der Waals surface area (Å²) in [5, 5.41) is 20.8. The molecule has 26 heteroatoms. The molecule has 8 aromatic rings. The minimum absolute atomic E-state index is 0. The van der Waals surface area contributed by atoms with Gasteiger partial charge in [-0.05, 0) is 198 Å². The zero-order valence-electron chi connectivity index (χ0n) is 78.5. The summed E-state index contributed by atoms with van der Waals surface area (Å²) in [4.78, 5) is 81.2. The number of hydrogen-bond donors (Lipinski definition) is 8. The molecule has 8 aromatic carbocycles. The highest BCUT2D eigenvalue weighted by atomic mass is 79.9. The minimum Gasteiger partial charge on any atom is -0.508 e. The van der Waals surface area contributed by atoms with E-state index in [4.69, 9.17) is 60.2 Å². The van der Waals surface area contributed by atoms with Crippen LogP contribution >= 0.6 is 15.9 Å². The number of halogens is 3. The monoisotopic (exact) mass is 1860 g/mol. The summed E-state index contributed by atoms with van der Waals surface area (Å²) in [6.45, 7) is 12.3. The maximum atomic E-state index is 12.5. The summed E-state index contributed by atoms with van der Waals surface area (Å²) in [5.74, 6) is 6.36. The van der Waals surface area contributed by atoms with Crippen LogP contribution in [0.3, 0.4) is 0 Å². The molecule has 0 spiro atoms. The smallest absolute Gasteiger partial charge is 0.261 e. The molecule has 708 valence electrons. The Balaban J connectivity index is 0.000000279. The summed E-state index contributed by atoms with van der Waals surface area (Å²) in [6.07, 6.45) is 35.5. The van der Waals surface area contributed by atoms with Gasteiger partial charge >= 0.3 is 0 Å². The zero-order chi connectivity index (χ0) is 95.6. The molecule has 0 saturated heterocycles. The Morgan fingerprint density at radius 1 is 0.454 bits per heavy atom. The third-order valence-corrected chi connectivity index (χ3v) is 24.5.